The summed E-state index contributed by atoms with van der Waals surface area (Å²) in [6, 6.07) is 0.442. The predicted octanol–water partition coefficient (Wildman–Crippen LogP) is 3.60. The van der Waals surface area contributed by atoms with Crippen molar-refractivity contribution in [3.8, 4) is 0 Å². The van der Waals surface area contributed by atoms with Gasteiger partial charge in [-0.05, 0) is 25.7 Å². The molecule has 0 saturated carbocycles. The maximum atomic E-state index is 9.12. The lowest BCUT2D eigenvalue weighted by Gasteiger charge is -2.20. The highest BCUT2D eigenvalue weighted by molar-refractivity contribution is 5.00. The summed E-state index contributed by atoms with van der Waals surface area (Å²) in [6.45, 7) is 8.63. The molecule has 0 radical (unpaired) electrons. The zero-order valence-electron chi connectivity index (χ0n) is 10.0. The molecule has 2 nitrogen and oxygen atoms in total. The topological polar surface area (TPSA) is 32.3 Å². The van der Waals surface area contributed by atoms with Crippen LogP contribution in [0.15, 0.2) is 12.0 Å². The number of unbranched alkanes of at least 4 members (excludes halogenated alkanes) is 1. The van der Waals surface area contributed by atoms with Gasteiger partial charge in [-0.3, -0.25) is 0 Å². The van der Waals surface area contributed by atoms with Gasteiger partial charge in [-0.2, -0.15) is 0 Å². The van der Waals surface area contributed by atoms with E-state index >= 15 is 0 Å². The van der Waals surface area contributed by atoms with Crippen LogP contribution in [0.3, 0.4) is 0 Å². The van der Waals surface area contributed by atoms with Gasteiger partial charge in [0.25, 0.3) is 0 Å². The molecule has 0 saturated heterocycles. The molecule has 84 valence electrons. The van der Waals surface area contributed by atoms with Crippen LogP contribution >= 0.6 is 0 Å². The summed E-state index contributed by atoms with van der Waals surface area (Å²) in [6.07, 6.45) is 5.89. The summed E-state index contributed by atoms with van der Waals surface area (Å²) in [5.74, 6) is 0.439. The van der Waals surface area contributed by atoms with Crippen molar-refractivity contribution in [2.45, 2.75) is 59.4 Å². The Bertz CT molecular complexity index is 166. The van der Waals surface area contributed by atoms with E-state index in [1.807, 2.05) is 0 Å². The van der Waals surface area contributed by atoms with Crippen LogP contribution in [0.25, 0.3) is 0 Å². The van der Waals surface area contributed by atoms with Crippen LogP contribution in [0.5, 0.6) is 0 Å². The molecule has 0 aliphatic carbocycles. The molecule has 2 unspecified atom stereocenters. The number of aliphatic hydroxyl groups excluding tert-OH is 1. The third-order valence-electron chi connectivity index (χ3n) is 2.69. The summed E-state index contributed by atoms with van der Waals surface area (Å²) in [4.78, 5) is 0. The minimum Gasteiger partial charge on any atom is -0.514 e. The Balaban J connectivity index is 4.00. The van der Waals surface area contributed by atoms with Crippen LogP contribution in [-0.4, -0.2) is 11.1 Å². The predicted molar refractivity (Wildman–Crippen MR) is 62.3 cm³/mol. The maximum absolute atomic E-state index is 9.12. The third-order valence-corrected chi connectivity index (χ3v) is 2.69. The van der Waals surface area contributed by atoms with E-state index in [2.05, 4.69) is 33.0 Å². The van der Waals surface area contributed by atoms with E-state index in [-0.39, 0.29) is 0 Å². The number of aliphatic hydroxyl groups is 1. The monoisotopic (exact) mass is 199 g/mol. The van der Waals surface area contributed by atoms with E-state index in [4.69, 9.17) is 5.11 Å². The maximum Gasteiger partial charge on any atom is 0.0983 e. The summed E-state index contributed by atoms with van der Waals surface area (Å²) in [5, 5.41) is 12.5. The molecule has 0 rings (SSSR count). The van der Waals surface area contributed by atoms with Crippen molar-refractivity contribution in [1.82, 2.24) is 5.32 Å². The molecule has 0 heterocycles. The second kappa shape index (κ2) is 7.72. The highest BCUT2D eigenvalue weighted by atomic mass is 16.2. The van der Waals surface area contributed by atoms with Crippen molar-refractivity contribution in [3.05, 3.63) is 12.0 Å². The first kappa shape index (κ1) is 13.3. The quantitative estimate of drug-likeness (QED) is 0.614. The molecule has 14 heavy (non-hydrogen) atoms. The van der Waals surface area contributed by atoms with Crippen LogP contribution in [0, 0.1) is 5.92 Å². The molecule has 0 fully saturated rings. The van der Waals surface area contributed by atoms with Gasteiger partial charge >= 0.3 is 0 Å². The second-order valence-corrected chi connectivity index (χ2v) is 4.08. The first-order chi connectivity index (χ1) is 6.65. The fourth-order valence-corrected chi connectivity index (χ4v) is 1.36. The van der Waals surface area contributed by atoms with Gasteiger partial charge in [0.2, 0.25) is 0 Å². The Morgan fingerprint density at radius 2 is 2.00 bits per heavy atom. The molecule has 0 aromatic carbocycles. The van der Waals surface area contributed by atoms with E-state index in [1.54, 1.807) is 0 Å². The van der Waals surface area contributed by atoms with Crippen molar-refractivity contribution in [3.63, 3.8) is 0 Å². The Labute approximate surface area is 88.4 Å². The van der Waals surface area contributed by atoms with E-state index in [0.29, 0.717) is 12.0 Å². The molecular formula is C12H25NO. The number of allylic oxidation sites excluding steroid dienone is 1. The molecule has 0 bridgehead atoms. The fraction of sp³-hybridized carbons (Fsp3) is 0.833. The van der Waals surface area contributed by atoms with Crippen LogP contribution in [0.4, 0.5) is 0 Å². The second-order valence-electron chi connectivity index (χ2n) is 4.08. The molecule has 0 aliphatic heterocycles. The molecule has 0 spiro atoms. The highest BCUT2D eigenvalue weighted by Crippen LogP contribution is 2.15. The molecule has 0 aliphatic rings. The molecule has 2 heteroatoms. The lowest BCUT2D eigenvalue weighted by Crippen LogP contribution is -2.27. The van der Waals surface area contributed by atoms with E-state index in [9.17, 15) is 0 Å². The van der Waals surface area contributed by atoms with Gasteiger partial charge in [0, 0.05) is 11.7 Å². The zero-order chi connectivity index (χ0) is 11.0. The summed E-state index contributed by atoms with van der Waals surface area (Å²) < 4.78 is 0. The Kier molecular flexibility index (Phi) is 7.35. The van der Waals surface area contributed by atoms with Crippen LogP contribution in [0.1, 0.15) is 53.4 Å². The summed E-state index contributed by atoms with van der Waals surface area (Å²) >= 11 is 0. The standard InChI is InChI=1S/C12H25NO/c1-5-7-8-10(3)12(9-14)13-11(4)6-2/h9-11,13-14H,5-8H2,1-4H3/b12-9-. The highest BCUT2D eigenvalue weighted by Gasteiger charge is 2.10. The number of nitrogens with one attached hydrogen (secondary N) is 1. The number of hydrogen-bond donors (Lipinski definition) is 2. The Morgan fingerprint density at radius 3 is 2.43 bits per heavy atom. The van der Waals surface area contributed by atoms with Crippen molar-refractivity contribution in [2.24, 2.45) is 5.92 Å². The molecule has 2 N–H and O–H groups in total. The van der Waals surface area contributed by atoms with Gasteiger partial charge in [0.05, 0.1) is 6.26 Å². The van der Waals surface area contributed by atoms with Crippen molar-refractivity contribution in [1.29, 1.82) is 0 Å². The average Bonchev–Trinajstić information content (AvgIpc) is 2.21. The minimum atomic E-state index is 0.439. The number of hydrogen-bond acceptors (Lipinski definition) is 2. The smallest absolute Gasteiger partial charge is 0.0983 e. The lowest BCUT2D eigenvalue weighted by atomic mass is 10.0. The third kappa shape index (κ3) is 5.15. The van der Waals surface area contributed by atoms with E-state index in [1.165, 1.54) is 19.1 Å². The minimum absolute atomic E-state index is 0.439. The van der Waals surface area contributed by atoms with E-state index < -0.39 is 0 Å². The Morgan fingerprint density at radius 1 is 1.36 bits per heavy atom. The largest absolute Gasteiger partial charge is 0.514 e. The van der Waals surface area contributed by atoms with E-state index in [0.717, 1.165) is 18.5 Å². The van der Waals surface area contributed by atoms with Gasteiger partial charge in [-0.15, -0.1) is 0 Å². The summed E-state index contributed by atoms with van der Waals surface area (Å²) in [5.41, 5.74) is 0.979. The van der Waals surface area contributed by atoms with Gasteiger partial charge in [-0.25, -0.2) is 0 Å². The van der Waals surface area contributed by atoms with Crippen molar-refractivity contribution < 1.29 is 5.11 Å². The summed E-state index contributed by atoms with van der Waals surface area (Å²) in [7, 11) is 0. The normalized spacial score (nSPS) is 16.4. The van der Waals surface area contributed by atoms with Crippen LogP contribution in [0.2, 0.25) is 0 Å². The SMILES string of the molecule is CCCCC(C)/C(=C/O)NC(C)CC. The van der Waals surface area contributed by atoms with Crippen molar-refractivity contribution in [2.75, 3.05) is 0 Å². The Hall–Kier alpha value is -0.660. The van der Waals surface area contributed by atoms with Gasteiger partial charge < -0.3 is 10.4 Å². The van der Waals surface area contributed by atoms with Gasteiger partial charge in [0.15, 0.2) is 0 Å². The molecule has 2 atom stereocenters. The van der Waals surface area contributed by atoms with Crippen molar-refractivity contribution >= 4 is 0 Å². The molecule has 0 aromatic rings. The first-order valence-corrected chi connectivity index (χ1v) is 5.76. The zero-order valence-corrected chi connectivity index (χ0v) is 10.0. The average molecular weight is 199 g/mol. The molecular weight excluding hydrogens is 174 g/mol. The first-order valence-electron chi connectivity index (χ1n) is 5.76. The van der Waals surface area contributed by atoms with Gasteiger partial charge in [-0.1, -0.05) is 33.6 Å². The molecule has 0 aromatic heterocycles. The van der Waals surface area contributed by atoms with Crippen LogP contribution < -0.4 is 5.32 Å². The number of rotatable bonds is 7. The molecule has 0 amide bonds. The van der Waals surface area contributed by atoms with Crippen LogP contribution in [-0.2, 0) is 0 Å². The fourth-order valence-electron chi connectivity index (χ4n) is 1.36. The van der Waals surface area contributed by atoms with Gasteiger partial charge in [0.1, 0.15) is 0 Å². The lowest BCUT2D eigenvalue weighted by molar-refractivity contribution is 0.419.